The van der Waals surface area contributed by atoms with Gasteiger partial charge in [0, 0.05) is 6.54 Å². The summed E-state index contributed by atoms with van der Waals surface area (Å²) in [5, 5.41) is 8.33. The molecule has 1 atom stereocenters. The normalized spacial score (nSPS) is 11.9. The molecule has 0 aliphatic carbocycles. The standard InChI is InChI=1S/C22H29N3O2/c1-16(2)13-14-23-22(27)25-20(26)15-24-21(18-7-5-4-6-8-18)19-11-9-17(3)10-12-19/h4-12,16,21,24H,13-15H2,1-3H3,(H2,23,25,26,27)/t21-/m1/s1. The zero-order valence-corrected chi connectivity index (χ0v) is 16.3. The van der Waals surface area contributed by atoms with Crippen LogP contribution in [0.3, 0.4) is 0 Å². The van der Waals surface area contributed by atoms with Crippen molar-refractivity contribution in [2.24, 2.45) is 5.92 Å². The molecule has 2 rings (SSSR count). The van der Waals surface area contributed by atoms with Gasteiger partial charge in [-0.2, -0.15) is 0 Å². The summed E-state index contributed by atoms with van der Waals surface area (Å²) in [4.78, 5) is 23.9. The molecule has 3 amide bonds. The Kier molecular flexibility index (Phi) is 8.01. The number of hydrogen-bond donors (Lipinski definition) is 3. The number of carbonyl (C=O) groups is 2. The fraction of sp³-hybridized carbons (Fsp3) is 0.364. The average molecular weight is 367 g/mol. The molecule has 5 heteroatoms. The summed E-state index contributed by atoms with van der Waals surface area (Å²) in [5.41, 5.74) is 3.32. The smallest absolute Gasteiger partial charge is 0.321 e. The van der Waals surface area contributed by atoms with E-state index in [0.29, 0.717) is 12.5 Å². The summed E-state index contributed by atoms with van der Waals surface area (Å²) in [6, 6.07) is 17.6. The Morgan fingerprint density at radius 1 is 0.926 bits per heavy atom. The fourth-order valence-electron chi connectivity index (χ4n) is 2.72. The van der Waals surface area contributed by atoms with Gasteiger partial charge in [0.05, 0.1) is 12.6 Å². The zero-order valence-electron chi connectivity index (χ0n) is 16.3. The first kappa shape index (κ1) is 20.6. The molecule has 0 bridgehead atoms. The zero-order chi connectivity index (χ0) is 19.6. The van der Waals surface area contributed by atoms with Gasteiger partial charge in [-0.15, -0.1) is 0 Å². The van der Waals surface area contributed by atoms with E-state index < -0.39 is 6.03 Å². The Bertz CT molecular complexity index is 727. The maximum atomic E-state index is 12.1. The number of imide groups is 1. The lowest BCUT2D eigenvalue weighted by atomic mass is 9.98. The van der Waals surface area contributed by atoms with Crippen LogP contribution in [0.15, 0.2) is 54.6 Å². The SMILES string of the molecule is Cc1ccc([C@H](NCC(=O)NC(=O)NCCC(C)C)c2ccccc2)cc1. The van der Waals surface area contributed by atoms with Crippen molar-refractivity contribution in [3.8, 4) is 0 Å². The number of amides is 3. The van der Waals surface area contributed by atoms with E-state index in [1.807, 2.05) is 37.3 Å². The Labute approximate surface area is 161 Å². The monoisotopic (exact) mass is 367 g/mol. The number of benzene rings is 2. The summed E-state index contributed by atoms with van der Waals surface area (Å²) in [6.07, 6.45) is 0.878. The number of rotatable bonds is 8. The predicted octanol–water partition coefficient (Wildman–Crippen LogP) is 3.55. The molecule has 0 saturated heterocycles. The lowest BCUT2D eigenvalue weighted by Gasteiger charge is -2.20. The van der Waals surface area contributed by atoms with Crippen LogP contribution in [-0.4, -0.2) is 25.0 Å². The minimum Gasteiger partial charge on any atom is -0.338 e. The molecule has 2 aromatic rings. The van der Waals surface area contributed by atoms with Crippen LogP contribution in [0, 0.1) is 12.8 Å². The highest BCUT2D eigenvalue weighted by Crippen LogP contribution is 2.22. The van der Waals surface area contributed by atoms with Crippen molar-refractivity contribution in [2.75, 3.05) is 13.1 Å². The van der Waals surface area contributed by atoms with Crippen LogP contribution in [0.2, 0.25) is 0 Å². The molecule has 0 saturated carbocycles. The fourth-order valence-corrected chi connectivity index (χ4v) is 2.72. The first-order valence-corrected chi connectivity index (χ1v) is 9.38. The Morgan fingerprint density at radius 3 is 2.19 bits per heavy atom. The van der Waals surface area contributed by atoms with Gasteiger partial charge in [-0.1, -0.05) is 74.0 Å². The molecule has 0 radical (unpaired) electrons. The van der Waals surface area contributed by atoms with Gasteiger partial charge in [0.15, 0.2) is 0 Å². The van der Waals surface area contributed by atoms with Crippen molar-refractivity contribution in [2.45, 2.75) is 33.2 Å². The Balaban J connectivity index is 1.95. The van der Waals surface area contributed by atoms with Gasteiger partial charge in [-0.25, -0.2) is 4.79 Å². The van der Waals surface area contributed by atoms with Crippen LogP contribution in [0.1, 0.15) is 43.0 Å². The van der Waals surface area contributed by atoms with Crippen LogP contribution in [0.5, 0.6) is 0 Å². The van der Waals surface area contributed by atoms with Crippen molar-refractivity contribution in [3.05, 3.63) is 71.3 Å². The minimum absolute atomic E-state index is 0.0467. The molecular formula is C22H29N3O2. The van der Waals surface area contributed by atoms with Gasteiger partial charge < -0.3 is 5.32 Å². The van der Waals surface area contributed by atoms with Crippen molar-refractivity contribution < 1.29 is 9.59 Å². The highest BCUT2D eigenvalue weighted by Gasteiger charge is 2.16. The van der Waals surface area contributed by atoms with Gasteiger partial charge in [0.1, 0.15) is 0 Å². The van der Waals surface area contributed by atoms with E-state index in [9.17, 15) is 9.59 Å². The van der Waals surface area contributed by atoms with Crippen LogP contribution in [0.4, 0.5) is 4.79 Å². The second-order valence-electron chi connectivity index (χ2n) is 7.12. The van der Waals surface area contributed by atoms with E-state index in [1.54, 1.807) is 0 Å². The van der Waals surface area contributed by atoms with Crippen molar-refractivity contribution in [3.63, 3.8) is 0 Å². The molecule has 0 aliphatic rings. The third kappa shape index (κ3) is 7.23. The lowest BCUT2D eigenvalue weighted by molar-refractivity contribution is -0.119. The maximum absolute atomic E-state index is 12.1. The van der Waals surface area contributed by atoms with E-state index in [1.165, 1.54) is 5.56 Å². The molecule has 27 heavy (non-hydrogen) atoms. The van der Waals surface area contributed by atoms with Crippen LogP contribution in [-0.2, 0) is 4.79 Å². The summed E-state index contributed by atoms with van der Waals surface area (Å²) < 4.78 is 0. The second-order valence-corrected chi connectivity index (χ2v) is 7.12. The molecule has 0 spiro atoms. The van der Waals surface area contributed by atoms with E-state index in [0.717, 1.165) is 17.5 Å². The Hall–Kier alpha value is -2.66. The maximum Gasteiger partial charge on any atom is 0.321 e. The summed E-state index contributed by atoms with van der Waals surface area (Å²) >= 11 is 0. The third-order valence-corrected chi connectivity index (χ3v) is 4.27. The van der Waals surface area contributed by atoms with E-state index in [-0.39, 0.29) is 18.5 Å². The average Bonchev–Trinajstić information content (AvgIpc) is 2.64. The molecule has 0 aromatic heterocycles. The number of urea groups is 1. The van der Waals surface area contributed by atoms with Crippen LogP contribution < -0.4 is 16.0 Å². The van der Waals surface area contributed by atoms with Crippen molar-refractivity contribution in [1.29, 1.82) is 0 Å². The van der Waals surface area contributed by atoms with Gasteiger partial charge in [0.25, 0.3) is 0 Å². The number of carbonyl (C=O) groups excluding carboxylic acids is 2. The summed E-state index contributed by atoms with van der Waals surface area (Å²) in [7, 11) is 0. The molecule has 0 unspecified atom stereocenters. The second kappa shape index (κ2) is 10.5. The molecule has 0 heterocycles. The number of nitrogens with one attached hydrogen (secondary N) is 3. The van der Waals surface area contributed by atoms with Gasteiger partial charge in [-0.3, -0.25) is 15.4 Å². The highest BCUT2D eigenvalue weighted by molar-refractivity contribution is 5.95. The highest BCUT2D eigenvalue weighted by atomic mass is 16.2. The quantitative estimate of drug-likeness (QED) is 0.668. The van der Waals surface area contributed by atoms with E-state index >= 15 is 0 Å². The molecular weight excluding hydrogens is 338 g/mol. The summed E-state index contributed by atoms with van der Waals surface area (Å²) in [5.74, 6) is 0.147. The minimum atomic E-state index is -0.450. The first-order valence-electron chi connectivity index (χ1n) is 9.38. The lowest BCUT2D eigenvalue weighted by Crippen LogP contribution is -2.44. The van der Waals surface area contributed by atoms with Crippen LogP contribution in [0.25, 0.3) is 0 Å². The van der Waals surface area contributed by atoms with Crippen LogP contribution >= 0.6 is 0 Å². The summed E-state index contributed by atoms with van der Waals surface area (Å²) in [6.45, 7) is 6.82. The molecule has 0 fully saturated rings. The van der Waals surface area contributed by atoms with E-state index in [4.69, 9.17) is 0 Å². The molecule has 144 valence electrons. The number of hydrogen-bond acceptors (Lipinski definition) is 3. The third-order valence-electron chi connectivity index (χ3n) is 4.27. The first-order chi connectivity index (χ1) is 13.0. The molecule has 2 aromatic carbocycles. The molecule has 3 N–H and O–H groups in total. The largest absolute Gasteiger partial charge is 0.338 e. The van der Waals surface area contributed by atoms with Gasteiger partial charge in [0.2, 0.25) is 5.91 Å². The van der Waals surface area contributed by atoms with Gasteiger partial charge in [-0.05, 0) is 30.4 Å². The van der Waals surface area contributed by atoms with Crippen molar-refractivity contribution >= 4 is 11.9 Å². The van der Waals surface area contributed by atoms with Crippen molar-refractivity contribution in [1.82, 2.24) is 16.0 Å². The molecule has 0 aliphatic heterocycles. The number of aryl methyl sites for hydroxylation is 1. The van der Waals surface area contributed by atoms with Gasteiger partial charge >= 0.3 is 6.03 Å². The Morgan fingerprint density at radius 2 is 1.56 bits per heavy atom. The molecule has 5 nitrogen and oxygen atoms in total. The predicted molar refractivity (Wildman–Crippen MR) is 108 cm³/mol. The van der Waals surface area contributed by atoms with E-state index in [2.05, 4.69) is 54.1 Å². The topological polar surface area (TPSA) is 70.2 Å².